The van der Waals surface area contributed by atoms with E-state index in [0.29, 0.717) is 13.2 Å². The normalized spacial score (nSPS) is 12.9. The number of aliphatic hydroxyl groups excluding tert-OH is 1. The molecule has 2 atom stereocenters. The molecule has 6 heteroatoms. The van der Waals surface area contributed by atoms with E-state index >= 15 is 0 Å². The van der Waals surface area contributed by atoms with Gasteiger partial charge in [0.2, 0.25) is 0 Å². The molecular formula is C48H93NO5. The monoisotopic (exact) mass is 764 g/mol. The second kappa shape index (κ2) is 42.7. The fourth-order valence-corrected chi connectivity index (χ4v) is 7.35. The highest BCUT2D eigenvalue weighted by atomic mass is 16.5. The number of esters is 2. The van der Waals surface area contributed by atoms with Crippen LogP contribution in [-0.4, -0.2) is 61.4 Å². The molecule has 0 aromatic rings. The minimum Gasteiger partial charge on any atom is -0.465 e. The van der Waals surface area contributed by atoms with Crippen LogP contribution in [0, 0.1) is 11.8 Å². The van der Waals surface area contributed by atoms with Crippen molar-refractivity contribution in [3.63, 3.8) is 0 Å². The average Bonchev–Trinajstić information content (AvgIpc) is 3.17. The Hall–Kier alpha value is -1.40. The van der Waals surface area contributed by atoms with Gasteiger partial charge in [0, 0.05) is 6.61 Å². The Morgan fingerprint density at radius 2 is 0.852 bits per heavy atom. The molecule has 0 saturated carbocycles. The van der Waals surface area contributed by atoms with Crippen LogP contribution in [0.25, 0.3) is 0 Å². The molecule has 2 unspecified atom stereocenters. The fraction of sp³-hybridized carbons (Fsp3) is 0.917. The van der Waals surface area contributed by atoms with Crippen LogP contribution >= 0.6 is 0 Å². The zero-order valence-corrected chi connectivity index (χ0v) is 36.7. The van der Waals surface area contributed by atoms with Crippen LogP contribution in [0.1, 0.15) is 233 Å². The Morgan fingerprint density at radius 3 is 1.37 bits per heavy atom. The molecule has 0 aromatic heterocycles. The molecule has 0 heterocycles. The maximum Gasteiger partial charge on any atom is 0.309 e. The number of nitrogens with zero attached hydrogens (tertiary/aromatic N) is 1. The molecule has 0 aromatic carbocycles. The molecule has 0 bridgehead atoms. The predicted molar refractivity (Wildman–Crippen MR) is 232 cm³/mol. The molecule has 0 radical (unpaired) electrons. The van der Waals surface area contributed by atoms with Gasteiger partial charge in [-0.3, -0.25) is 9.59 Å². The number of allylic oxidation sites excluding steroid dienone is 2. The number of ether oxygens (including phenoxy) is 2. The Bertz CT molecular complexity index is 817. The van der Waals surface area contributed by atoms with E-state index in [4.69, 9.17) is 9.47 Å². The van der Waals surface area contributed by atoms with E-state index in [2.05, 4.69) is 44.7 Å². The lowest BCUT2D eigenvalue weighted by atomic mass is 9.94. The van der Waals surface area contributed by atoms with E-state index in [1.165, 1.54) is 89.9 Å². The Labute approximate surface area is 336 Å². The minimum atomic E-state index is 0.00317. The van der Waals surface area contributed by atoms with Crippen LogP contribution in [0.2, 0.25) is 0 Å². The molecule has 0 saturated heterocycles. The highest BCUT2D eigenvalue weighted by Gasteiger charge is 2.20. The van der Waals surface area contributed by atoms with Crippen LogP contribution < -0.4 is 0 Å². The zero-order chi connectivity index (χ0) is 39.6. The van der Waals surface area contributed by atoms with Gasteiger partial charge in [-0.2, -0.15) is 0 Å². The highest BCUT2D eigenvalue weighted by Crippen LogP contribution is 2.21. The summed E-state index contributed by atoms with van der Waals surface area (Å²) in [5.41, 5.74) is 0. The summed E-state index contributed by atoms with van der Waals surface area (Å²) in [6, 6.07) is 0. The molecule has 54 heavy (non-hydrogen) atoms. The molecule has 0 aliphatic rings. The van der Waals surface area contributed by atoms with Gasteiger partial charge in [-0.1, -0.05) is 168 Å². The summed E-state index contributed by atoms with van der Waals surface area (Å²) in [5, 5.41) is 9.32. The van der Waals surface area contributed by atoms with Crippen LogP contribution in [-0.2, 0) is 19.1 Å². The van der Waals surface area contributed by atoms with E-state index in [9.17, 15) is 14.7 Å². The fourth-order valence-electron chi connectivity index (χ4n) is 7.35. The Kier molecular flexibility index (Phi) is 41.6. The average molecular weight is 764 g/mol. The standard InChI is InChI=1S/C48H93NO5/c1-5-9-13-17-19-27-37-45(35-25-15-11-7-3)47(51)53-43-33-23-21-29-39-49(41-31-32-42-50)40-30-22-24-34-44-54-48(52)46(36-26-16-12-8-4)38-28-20-18-14-10-6-2/h19,27,45-46,50H,5-18,20-26,28-44H2,1-4H3/b27-19+. The Morgan fingerprint density at radius 1 is 0.463 bits per heavy atom. The first-order valence-corrected chi connectivity index (χ1v) is 23.8. The summed E-state index contributed by atoms with van der Waals surface area (Å²) >= 11 is 0. The van der Waals surface area contributed by atoms with Gasteiger partial charge in [0.1, 0.15) is 0 Å². The van der Waals surface area contributed by atoms with Crippen molar-refractivity contribution in [3.8, 4) is 0 Å². The molecule has 0 rings (SSSR count). The molecule has 0 fully saturated rings. The highest BCUT2D eigenvalue weighted by molar-refractivity contribution is 5.72. The second-order valence-electron chi connectivity index (χ2n) is 16.3. The lowest BCUT2D eigenvalue weighted by molar-refractivity contribution is -0.150. The largest absolute Gasteiger partial charge is 0.465 e. The molecular weight excluding hydrogens is 671 g/mol. The third kappa shape index (κ3) is 35.0. The van der Waals surface area contributed by atoms with E-state index in [-0.39, 0.29) is 30.4 Å². The van der Waals surface area contributed by atoms with E-state index in [0.717, 1.165) is 135 Å². The number of aliphatic hydroxyl groups is 1. The summed E-state index contributed by atoms with van der Waals surface area (Å²) in [6.07, 6.45) is 40.9. The summed E-state index contributed by atoms with van der Waals surface area (Å²) in [4.78, 5) is 28.5. The van der Waals surface area contributed by atoms with Crippen molar-refractivity contribution in [2.75, 3.05) is 39.5 Å². The quantitative estimate of drug-likeness (QED) is 0.0379. The summed E-state index contributed by atoms with van der Waals surface area (Å²) in [6.45, 7) is 13.5. The van der Waals surface area contributed by atoms with Crippen LogP contribution in [0.3, 0.4) is 0 Å². The molecule has 0 aliphatic heterocycles. The second-order valence-corrected chi connectivity index (χ2v) is 16.3. The number of hydrogen-bond donors (Lipinski definition) is 1. The van der Waals surface area contributed by atoms with Gasteiger partial charge in [0.05, 0.1) is 25.0 Å². The van der Waals surface area contributed by atoms with Gasteiger partial charge in [0.15, 0.2) is 0 Å². The third-order valence-electron chi connectivity index (χ3n) is 11.1. The molecule has 0 amide bonds. The third-order valence-corrected chi connectivity index (χ3v) is 11.1. The molecule has 320 valence electrons. The van der Waals surface area contributed by atoms with Crippen molar-refractivity contribution < 1.29 is 24.2 Å². The number of hydrogen-bond acceptors (Lipinski definition) is 6. The van der Waals surface area contributed by atoms with Crippen molar-refractivity contribution in [2.45, 2.75) is 233 Å². The number of unbranched alkanes of at least 4 members (excludes halogenated alkanes) is 21. The van der Waals surface area contributed by atoms with Gasteiger partial charge in [0.25, 0.3) is 0 Å². The Balaban J connectivity index is 4.39. The smallest absolute Gasteiger partial charge is 0.309 e. The van der Waals surface area contributed by atoms with Crippen molar-refractivity contribution in [1.82, 2.24) is 4.90 Å². The van der Waals surface area contributed by atoms with Gasteiger partial charge >= 0.3 is 11.9 Å². The van der Waals surface area contributed by atoms with Gasteiger partial charge in [-0.05, 0) is 96.7 Å². The first kappa shape index (κ1) is 52.6. The first-order chi connectivity index (χ1) is 26.5. The lowest BCUT2D eigenvalue weighted by Crippen LogP contribution is -2.27. The SMILES string of the molecule is CCCCC/C=C/CC(CCCCCC)C(=O)OCCCCCCN(CCCCO)CCCCCCOC(=O)C(CCCCCC)CCCCCCCC. The summed E-state index contributed by atoms with van der Waals surface area (Å²) in [7, 11) is 0. The topological polar surface area (TPSA) is 76.1 Å². The summed E-state index contributed by atoms with van der Waals surface area (Å²) < 4.78 is 11.6. The van der Waals surface area contributed by atoms with Gasteiger partial charge in [-0.15, -0.1) is 0 Å². The van der Waals surface area contributed by atoms with E-state index in [1.807, 2.05) is 0 Å². The number of carbonyl (C=O) groups is 2. The maximum atomic E-state index is 13.0. The predicted octanol–water partition coefficient (Wildman–Crippen LogP) is 13.7. The van der Waals surface area contributed by atoms with Crippen molar-refractivity contribution >= 4 is 11.9 Å². The van der Waals surface area contributed by atoms with Crippen LogP contribution in [0.15, 0.2) is 12.2 Å². The lowest BCUT2D eigenvalue weighted by Gasteiger charge is -2.22. The number of rotatable bonds is 43. The molecule has 0 aliphatic carbocycles. The van der Waals surface area contributed by atoms with Crippen molar-refractivity contribution in [1.29, 1.82) is 0 Å². The van der Waals surface area contributed by atoms with Crippen molar-refractivity contribution in [3.05, 3.63) is 12.2 Å². The molecule has 6 nitrogen and oxygen atoms in total. The van der Waals surface area contributed by atoms with Crippen LogP contribution in [0.4, 0.5) is 0 Å². The first-order valence-electron chi connectivity index (χ1n) is 23.8. The molecule has 1 N–H and O–H groups in total. The van der Waals surface area contributed by atoms with Gasteiger partial charge in [-0.25, -0.2) is 0 Å². The zero-order valence-electron chi connectivity index (χ0n) is 36.7. The van der Waals surface area contributed by atoms with Crippen LogP contribution in [0.5, 0.6) is 0 Å². The maximum absolute atomic E-state index is 13.0. The molecule has 0 spiro atoms. The number of carbonyl (C=O) groups excluding carboxylic acids is 2. The van der Waals surface area contributed by atoms with Gasteiger partial charge < -0.3 is 19.5 Å². The van der Waals surface area contributed by atoms with Crippen molar-refractivity contribution in [2.24, 2.45) is 11.8 Å². The van der Waals surface area contributed by atoms with E-state index in [1.54, 1.807) is 0 Å². The summed E-state index contributed by atoms with van der Waals surface area (Å²) in [5.74, 6) is 0.147. The minimum absolute atomic E-state index is 0.00317. The van der Waals surface area contributed by atoms with E-state index < -0.39 is 0 Å².